The lowest BCUT2D eigenvalue weighted by molar-refractivity contribution is -0.134. The summed E-state index contributed by atoms with van der Waals surface area (Å²) in [6, 6.07) is 4.20. The minimum Gasteiger partial charge on any atom is -0.480 e. The van der Waals surface area contributed by atoms with E-state index in [-0.39, 0.29) is 5.88 Å². The normalized spacial score (nSPS) is 9.56. The lowest BCUT2D eigenvalue weighted by Crippen LogP contribution is -2.02. The molecule has 1 rings (SSSR count). The maximum Gasteiger partial charge on any atom is 0.318 e. The highest BCUT2D eigenvalue weighted by atomic mass is 35.5. The first kappa shape index (κ1) is 16.8. The summed E-state index contributed by atoms with van der Waals surface area (Å²) in [6.45, 7) is 6.57. The van der Waals surface area contributed by atoms with Crippen LogP contribution in [-0.2, 0) is 24.1 Å². The average Bonchev–Trinajstić information content (AvgIpc) is 2.38. The second-order valence-electron chi connectivity index (χ2n) is 3.86. The van der Waals surface area contributed by atoms with Crippen molar-refractivity contribution in [3.8, 4) is 0 Å². The number of nitrogens with two attached hydrogens (primary N) is 1. The van der Waals surface area contributed by atoms with Gasteiger partial charge in [0.05, 0.1) is 0 Å². The van der Waals surface area contributed by atoms with Crippen molar-refractivity contribution in [2.45, 2.75) is 40.0 Å². The number of halogens is 1. The molecule has 18 heavy (non-hydrogen) atoms. The summed E-state index contributed by atoms with van der Waals surface area (Å²) in [6.07, 6.45) is 3.25. The molecule has 0 aliphatic carbocycles. The van der Waals surface area contributed by atoms with Gasteiger partial charge in [0.25, 0.3) is 0 Å². The summed E-state index contributed by atoms with van der Waals surface area (Å²) in [5, 5.41) is 7.59. The highest BCUT2D eigenvalue weighted by molar-refractivity contribution is 6.26. The number of anilines is 1. The van der Waals surface area contributed by atoms with Gasteiger partial charge in [-0.25, -0.2) is 0 Å². The largest absolute Gasteiger partial charge is 0.480 e. The number of rotatable bonds is 4. The van der Waals surface area contributed by atoms with Crippen molar-refractivity contribution >= 4 is 23.3 Å². The van der Waals surface area contributed by atoms with E-state index in [1.54, 1.807) is 0 Å². The Labute approximate surface area is 114 Å². The maximum atomic E-state index is 9.24. The zero-order chi connectivity index (χ0) is 14.1. The van der Waals surface area contributed by atoms with Gasteiger partial charge in [0.1, 0.15) is 5.88 Å². The Kier molecular flexibility index (Phi) is 8.21. The molecule has 1 aromatic carbocycles. The maximum absolute atomic E-state index is 9.24. The predicted octanol–water partition coefficient (Wildman–Crippen LogP) is 3.27. The molecule has 0 spiro atoms. The third-order valence-corrected chi connectivity index (χ3v) is 3.00. The first-order chi connectivity index (χ1) is 8.51. The van der Waals surface area contributed by atoms with Crippen LogP contribution in [0.25, 0.3) is 0 Å². The molecule has 0 aromatic heterocycles. The summed E-state index contributed by atoms with van der Waals surface area (Å²) >= 11 is 4.74. The van der Waals surface area contributed by atoms with Crippen molar-refractivity contribution in [1.29, 1.82) is 0 Å². The van der Waals surface area contributed by atoms with Crippen LogP contribution in [0, 0.1) is 0 Å². The molecule has 0 radical (unpaired) electrons. The molecule has 3 nitrogen and oxygen atoms in total. The molecular formula is C14H22ClNO2. The molecule has 0 bridgehead atoms. The predicted molar refractivity (Wildman–Crippen MR) is 77.3 cm³/mol. The van der Waals surface area contributed by atoms with Gasteiger partial charge in [-0.15, -0.1) is 11.6 Å². The fraction of sp³-hybridized carbons (Fsp3) is 0.500. The molecule has 102 valence electrons. The summed E-state index contributed by atoms with van der Waals surface area (Å²) in [5.41, 5.74) is 11.2. The quantitative estimate of drug-likeness (QED) is 0.653. The molecule has 1 aromatic rings. The highest BCUT2D eigenvalue weighted by Gasteiger charge is 2.06. The lowest BCUT2D eigenvalue weighted by atomic mass is 9.94. The van der Waals surface area contributed by atoms with Crippen molar-refractivity contribution < 1.29 is 9.90 Å². The molecule has 3 N–H and O–H groups in total. The van der Waals surface area contributed by atoms with E-state index < -0.39 is 5.97 Å². The van der Waals surface area contributed by atoms with E-state index in [1.165, 1.54) is 16.7 Å². The van der Waals surface area contributed by atoms with Crippen LogP contribution in [0.15, 0.2) is 12.1 Å². The van der Waals surface area contributed by atoms with E-state index in [0.717, 1.165) is 24.9 Å². The number of hydrogen-bond donors (Lipinski definition) is 2. The number of carboxylic acid groups (broad SMARTS) is 1. The Hall–Kier alpha value is -1.22. The van der Waals surface area contributed by atoms with Crippen molar-refractivity contribution in [3.05, 3.63) is 28.8 Å². The zero-order valence-electron chi connectivity index (χ0n) is 11.3. The van der Waals surface area contributed by atoms with Gasteiger partial charge in [-0.2, -0.15) is 0 Å². The molecule has 0 atom stereocenters. The van der Waals surface area contributed by atoms with Crippen LogP contribution in [0.3, 0.4) is 0 Å². The summed E-state index contributed by atoms with van der Waals surface area (Å²) in [5.74, 6) is -1.29. The van der Waals surface area contributed by atoms with Gasteiger partial charge in [-0.05, 0) is 42.0 Å². The molecule has 0 saturated carbocycles. The Balaban J connectivity index is 0.000000494. The molecule has 0 heterocycles. The first-order valence-corrected chi connectivity index (χ1v) is 6.71. The number of nitrogen functional groups attached to an aromatic ring is 1. The number of carboxylic acids is 1. The molecular weight excluding hydrogens is 250 g/mol. The van der Waals surface area contributed by atoms with Gasteiger partial charge in [-0.3, -0.25) is 4.79 Å². The number of carbonyl (C=O) groups is 1. The van der Waals surface area contributed by atoms with E-state index >= 15 is 0 Å². The first-order valence-electron chi connectivity index (χ1n) is 6.18. The Bertz CT molecular complexity index is 392. The van der Waals surface area contributed by atoms with Crippen LogP contribution in [0.2, 0.25) is 0 Å². The lowest BCUT2D eigenvalue weighted by Gasteiger charge is -2.13. The smallest absolute Gasteiger partial charge is 0.318 e. The Morgan fingerprint density at radius 1 is 1.17 bits per heavy atom. The van der Waals surface area contributed by atoms with Gasteiger partial charge in [0.2, 0.25) is 0 Å². The van der Waals surface area contributed by atoms with E-state index in [4.69, 9.17) is 22.4 Å². The molecule has 0 saturated heterocycles. The Morgan fingerprint density at radius 3 is 2.00 bits per heavy atom. The minimum atomic E-state index is -0.980. The summed E-state index contributed by atoms with van der Waals surface area (Å²) in [4.78, 5) is 9.24. The average molecular weight is 272 g/mol. The van der Waals surface area contributed by atoms with Crippen molar-refractivity contribution in [2.24, 2.45) is 0 Å². The molecule has 0 aliphatic heterocycles. The second-order valence-corrected chi connectivity index (χ2v) is 4.13. The van der Waals surface area contributed by atoms with E-state index in [0.29, 0.717) is 0 Å². The number of alkyl halides is 1. The minimum absolute atomic E-state index is 0.306. The van der Waals surface area contributed by atoms with Crippen LogP contribution >= 0.6 is 11.6 Å². The van der Waals surface area contributed by atoms with Crippen LogP contribution < -0.4 is 5.73 Å². The van der Waals surface area contributed by atoms with Crippen molar-refractivity contribution in [3.63, 3.8) is 0 Å². The number of benzene rings is 1. The number of hydrogen-bond acceptors (Lipinski definition) is 2. The molecule has 0 aliphatic rings. The molecule has 0 unspecified atom stereocenters. The molecule has 0 amide bonds. The van der Waals surface area contributed by atoms with Gasteiger partial charge in [0.15, 0.2) is 0 Å². The van der Waals surface area contributed by atoms with Crippen LogP contribution in [0.1, 0.15) is 37.5 Å². The molecule has 0 fully saturated rings. The third kappa shape index (κ3) is 4.96. The zero-order valence-corrected chi connectivity index (χ0v) is 12.0. The number of aliphatic carboxylic acids is 1. The van der Waals surface area contributed by atoms with Gasteiger partial charge in [-0.1, -0.05) is 26.8 Å². The van der Waals surface area contributed by atoms with E-state index in [9.17, 15) is 4.79 Å². The third-order valence-electron chi connectivity index (χ3n) is 2.77. The SMILES string of the molecule is CCc1ccc(N)c(CC)c1CC.O=C(O)CCl. The van der Waals surface area contributed by atoms with Gasteiger partial charge >= 0.3 is 5.97 Å². The van der Waals surface area contributed by atoms with Crippen molar-refractivity contribution in [1.82, 2.24) is 0 Å². The van der Waals surface area contributed by atoms with E-state index in [2.05, 4.69) is 26.8 Å². The molecule has 4 heteroatoms. The second kappa shape index (κ2) is 8.81. The standard InChI is InChI=1S/C12H19N.C2H3ClO2/c1-4-9-7-8-12(13)11(6-3)10(9)5-2;3-1-2(4)5/h7-8H,4-6,13H2,1-3H3;1H2,(H,4,5). The summed E-state index contributed by atoms with van der Waals surface area (Å²) < 4.78 is 0. The van der Waals surface area contributed by atoms with Crippen molar-refractivity contribution in [2.75, 3.05) is 11.6 Å². The summed E-state index contributed by atoms with van der Waals surface area (Å²) in [7, 11) is 0. The Morgan fingerprint density at radius 2 is 1.67 bits per heavy atom. The topological polar surface area (TPSA) is 63.3 Å². The number of aryl methyl sites for hydroxylation is 1. The highest BCUT2D eigenvalue weighted by Crippen LogP contribution is 2.22. The fourth-order valence-electron chi connectivity index (χ4n) is 1.95. The van der Waals surface area contributed by atoms with Gasteiger partial charge < -0.3 is 10.8 Å². The monoisotopic (exact) mass is 271 g/mol. The van der Waals surface area contributed by atoms with Crippen LogP contribution in [0.4, 0.5) is 5.69 Å². The van der Waals surface area contributed by atoms with E-state index in [1.807, 2.05) is 6.07 Å². The van der Waals surface area contributed by atoms with Crippen LogP contribution in [0.5, 0.6) is 0 Å². The fourth-order valence-corrected chi connectivity index (χ4v) is 1.95. The van der Waals surface area contributed by atoms with Crippen LogP contribution in [-0.4, -0.2) is 17.0 Å². The van der Waals surface area contributed by atoms with Gasteiger partial charge in [0, 0.05) is 5.69 Å².